The molecule has 1 aliphatic rings. The molecule has 5 N–H and O–H groups in total. The molecule has 0 spiro atoms. The zero-order valence-corrected chi connectivity index (χ0v) is 16.3. The molecular formula is C20H31N5O2. The summed E-state index contributed by atoms with van der Waals surface area (Å²) in [6.07, 6.45) is 4.88. The van der Waals surface area contributed by atoms with Crippen molar-refractivity contribution in [3.05, 3.63) is 35.4 Å². The topological polar surface area (TPSA) is 109 Å². The minimum Gasteiger partial charge on any atom is -0.368 e. The zero-order valence-electron chi connectivity index (χ0n) is 16.3. The Hall–Kier alpha value is -2.57. The van der Waals surface area contributed by atoms with Crippen LogP contribution in [0.25, 0.3) is 0 Å². The molecule has 0 aliphatic heterocycles. The van der Waals surface area contributed by atoms with E-state index in [2.05, 4.69) is 34.8 Å². The number of hydrogen-bond donors (Lipinski definition) is 4. The molecule has 0 radical (unpaired) electrons. The molecule has 1 aliphatic carbocycles. The highest BCUT2D eigenvalue weighted by Crippen LogP contribution is 2.23. The minimum atomic E-state index is -0.565. The molecule has 0 bridgehead atoms. The first-order chi connectivity index (χ1) is 13.0. The lowest BCUT2D eigenvalue weighted by Gasteiger charge is -2.28. The monoisotopic (exact) mass is 373 g/mol. The summed E-state index contributed by atoms with van der Waals surface area (Å²) in [5.41, 5.74) is 6.53. The SMILES string of the molecule is CCNC(=NCc1ccc(C(=O)NCC(N)=O)cc1)NC1CCC(C)CC1. The van der Waals surface area contributed by atoms with Gasteiger partial charge in [-0.2, -0.15) is 0 Å². The van der Waals surface area contributed by atoms with Crippen molar-refractivity contribution in [2.75, 3.05) is 13.1 Å². The third-order valence-corrected chi connectivity index (χ3v) is 4.76. The van der Waals surface area contributed by atoms with Crippen LogP contribution in [0.2, 0.25) is 0 Å². The van der Waals surface area contributed by atoms with Gasteiger partial charge in [-0.05, 0) is 56.2 Å². The Morgan fingerprint density at radius 1 is 1.11 bits per heavy atom. The number of hydrogen-bond acceptors (Lipinski definition) is 3. The predicted octanol–water partition coefficient (Wildman–Crippen LogP) is 1.54. The Morgan fingerprint density at radius 2 is 1.78 bits per heavy atom. The van der Waals surface area contributed by atoms with Gasteiger partial charge in [-0.3, -0.25) is 9.59 Å². The third kappa shape index (κ3) is 7.29. The number of carbonyl (C=O) groups excluding carboxylic acids is 2. The van der Waals surface area contributed by atoms with E-state index >= 15 is 0 Å². The van der Waals surface area contributed by atoms with Crippen molar-refractivity contribution >= 4 is 17.8 Å². The van der Waals surface area contributed by atoms with Gasteiger partial charge in [-0.25, -0.2) is 4.99 Å². The molecule has 0 atom stereocenters. The van der Waals surface area contributed by atoms with Gasteiger partial charge in [0.1, 0.15) is 0 Å². The van der Waals surface area contributed by atoms with E-state index in [1.807, 2.05) is 12.1 Å². The lowest BCUT2D eigenvalue weighted by Crippen LogP contribution is -2.44. The number of amides is 2. The summed E-state index contributed by atoms with van der Waals surface area (Å²) in [7, 11) is 0. The van der Waals surface area contributed by atoms with Crippen molar-refractivity contribution in [3.8, 4) is 0 Å². The highest BCUT2D eigenvalue weighted by molar-refractivity contribution is 5.96. The summed E-state index contributed by atoms with van der Waals surface area (Å²) in [6.45, 7) is 5.55. The van der Waals surface area contributed by atoms with E-state index in [1.165, 1.54) is 25.7 Å². The molecule has 0 heterocycles. The second-order valence-electron chi connectivity index (χ2n) is 7.14. The van der Waals surface area contributed by atoms with Crippen LogP contribution in [0, 0.1) is 5.92 Å². The van der Waals surface area contributed by atoms with Crippen molar-refractivity contribution in [1.29, 1.82) is 0 Å². The fraction of sp³-hybridized carbons (Fsp3) is 0.550. The molecule has 0 aromatic heterocycles. The lowest BCUT2D eigenvalue weighted by atomic mass is 9.87. The van der Waals surface area contributed by atoms with E-state index in [9.17, 15) is 9.59 Å². The number of benzene rings is 1. The molecular weight excluding hydrogens is 342 g/mol. The van der Waals surface area contributed by atoms with Crippen LogP contribution in [-0.4, -0.2) is 36.9 Å². The van der Waals surface area contributed by atoms with E-state index in [0.717, 1.165) is 24.0 Å². The Balaban J connectivity index is 1.90. The molecule has 7 heteroatoms. The summed E-state index contributed by atoms with van der Waals surface area (Å²) < 4.78 is 0. The van der Waals surface area contributed by atoms with Crippen molar-refractivity contribution in [3.63, 3.8) is 0 Å². The first-order valence-electron chi connectivity index (χ1n) is 9.68. The van der Waals surface area contributed by atoms with Crippen LogP contribution in [0.5, 0.6) is 0 Å². The van der Waals surface area contributed by atoms with Crippen LogP contribution in [0.3, 0.4) is 0 Å². The molecule has 1 aromatic carbocycles. The van der Waals surface area contributed by atoms with Crippen LogP contribution in [-0.2, 0) is 11.3 Å². The molecule has 27 heavy (non-hydrogen) atoms. The Kier molecular flexibility index (Phi) is 8.10. The van der Waals surface area contributed by atoms with Crippen molar-refractivity contribution in [1.82, 2.24) is 16.0 Å². The van der Waals surface area contributed by atoms with Gasteiger partial charge in [0.15, 0.2) is 5.96 Å². The van der Waals surface area contributed by atoms with Gasteiger partial charge in [-0.15, -0.1) is 0 Å². The van der Waals surface area contributed by atoms with Crippen LogP contribution in [0.15, 0.2) is 29.3 Å². The predicted molar refractivity (Wildman–Crippen MR) is 107 cm³/mol. The van der Waals surface area contributed by atoms with Gasteiger partial charge in [-0.1, -0.05) is 19.1 Å². The van der Waals surface area contributed by atoms with Crippen LogP contribution in [0.1, 0.15) is 55.5 Å². The molecule has 7 nitrogen and oxygen atoms in total. The minimum absolute atomic E-state index is 0.164. The van der Waals surface area contributed by atoms with Crippen molar-refractivity contribution in [2.45, 2.75) is 52.1 Å². The van der Waals surface area contributed by atoms with E-state index < -0.39 is 5.91 Å². The number of nitrogens with one attached hydrogen (secondary N) is 3. The van der Waals surface area contributed by atoms with Gasteiger partial charge < -0.3 is 21.7 Å². The first kappa shape index (κ1) is 20.7. The van der Waals surface area contributed by atoms with Crippen LogP contribution in [0.4, 0.5) is 0 Å². The molecule has 2 rings (SSSR count). The molecule has 148 valence electrons. The number of carbonyl (C=O) groups is 2. The smallest absolute Gasteiger partial charge is 0.251 e. The lowest BCUT2D eigenvalue weighted by molar-refractivity contribution is -0.117. The number of aliphatic imine (C=N–C) groups is 1. The normalized spacial score (nSPS) is 20.0. The number of rotatable bonds is 7. The summed E-state index contributed by atoms with van der Waals surface area (Å²) >= 11 is 0. The molecule has 1 aromatic rings. The molecule has 1 saturated carbocycles. The quantitative estimate of drug-likeness (QED) is 0.429. The number of nitrogens with zero attached hydrogens (tertiary/aromatic N) is 1. The van der Waals surface area contributed by atoms with E-state index in [1.54, 1.807) is 12.1 Å². The Labute approximate surface area is 161 Å². The first-order valence-corrected chi connectivity index (χ1v) is 9.68. The summed E-state index contributed by atoms with van der Waals surface area (Å²) in [4.78, 5) is 27.3. The third-order valence-electron chi connectivity index (χ3n) is 4.76. The Bertz CT molecular complexity index is 649. The van der Waals surface area contributed by atoms with E-state index in [-0.39, 0.29) is 12.5 Å². The largest absolute Gasteiger partial charge is 0.368 e. The van der Waals surface area contributed by atoms with Crippen molar-refractivity contribution in [2.24, 2.45) is 16.6 Å². The zero-order chi connectivity index (χ0) is 19.6. The van der Waals surface area contributed by atoms with E-state index in [4.69, 9.17) is 5.73 Å². The van der Waals surface area contributed by atoms with Gasteiger partial charge in [0.2, 0.25) is 5.91 Å². The standard InChI is InChI=1S/C20H31N5O2/c1-3-22-20(25-17-10-4-14(2)5-11-17)24-12-15-6-8-16(9-7-15)19(27)23-13-18(21)26/h6-9,14,17H,3-5,10-13H2,1-2H3,(H2,21,26)(H,23,27)(H2,22,24,25). The van der Waals surface area contributed by atoms with Gasteiger partial charge in [0.25, 0.3) is 5.91 Å². The fourth-order valence-electron chi connectivity index (χ4n) is 3.12. The summed E-state index contributed by atoms with van der Waals surface area (Å²) in [6, 6.07) is 7.67. The molecule has 1 fully saturated rings. The van der Waals surface area contributed by atoms with Gasteiger partial charge in [0, 0.05) is 18.2 Å². The summed E-state index contributed by atoms with van der Waals surface area (Å²) in [5.74, 6) is 0.775. The van der Waals surface area contributed by atoms with Crippen LogP contribution < -0.4 is 21.7 Å². The van der Waals surface area contributed by atoms with E-state index in [0.29, 0.717) is 18.2 Å². The maximum atomic E-state index is 11.9. The second kappa shape index (κ2) is 10.5. The maximum absolute atomic E-state index is 11.9. The average Bonchev–Trinajstić information content (AvgIpc) is 2.66. The highest BCUT2D eigenvalue weighted by atomic mass is 16.2. The Morgan fingerprint density at radius 3 is 2.37 bits per heavy atom. The average molecular weight is 374 g/mol. The summed E-state index contributed by atoms with van der Waals surface area (Å²) in [5, 5.41) is 9.31. The molecule has 2 amide bonds. The molecule has 0 saturated heterocycles. The molecule has 0 unspecified atom stereocenters. The maximum Gasteiger partial charge on any atom is 0.251 e. The number of guanidine groups is 1. The van der Waals surface area contributed by atoms with Gasteiger partial charge >= 0.3 is 0 Å². The number of nitrogens with two attached hydrogens (primary N) is 1. The van der Waals surface area contributed by atoms with Crippen LogP contribution >= 0.6 is 0 Å². The fourth-order valence-corrected chi connectivity index (χ4v) is 3.12. The van der Waals surface area contributed by atoms with Gasteiger partial charge in [0.05, 0.1) is 13.1 Å². The van der Waals surface area contributed by atoms with Crippen molar-refractivity contribution < 1.29 is 9.59 Å². The highest BCUT2D eigenvalue weighted by Gasteiger charge is 2.18. The second-order valence-corrected chi connectivity index (χ2v) is 7.14. The number of primary amides is 1.